The summed E-state index contributed by atoms with van der Waals surface area (Å²) < 4.78 is 0. The molecule has 0 radical (unpaired) electrons. The van der Waals surface area contributed by atoms with Crippen molar-refractivity contribution in [1.82, 2.24) is 0 Å². The Morgan fingerprint density at radius 2 is 2.09 bits per heavy atom. The van der Waals surface area contributed by atoms with Gasteiger partial charge in [-0.05, 0) is 12.3 Å². The molecule has 64 valence electrons. The lowest BCUT2D eigenvalue weighted by Crippen LogP contribution is -2.11. The van der Waals surface area contributed by atoms with E-state index in [-0.39, 0.29) is 5.92 Å². The van der Waals surface area contributed by atoms with Gasteiger partial charge < -0.3 is 0 Å². The summed E-state index contributed by atoms with van der Waals surface area (Å²) in [6.45, 7) is 9.68. The highest BCUT2D eigenvalue weighted by atomic mass is 16.1. The van der Waals surface area contributed by atoms with E-state index in [1.54, 1.807) is 0 Å². The molecule has 1 nitrogen and oxygen atoms in total. The summed E-state index contributed by atoms with van der Waals surface area (Å²) in [6, 6.07) is 0. The van der Waals surface area contributed by atoms with E-state index in [0.29, 0.717) is 18.1 Å². The van der Waals surface area contributed by atoms with Crippen LogP contribution in [0.1, 0.15) is 33.6 Å². The first-order valence-corrected chi connectivity index (χ1v) is 4.27. The average molecular weight is 154 g/mol. The van der Waals surface area contributed by atoms with E-state index in [4.69, 9.17) is 0 Å². The predicted octanol–water partition coefficient (Wildman–Crippen LogP) is 2.81. The Morgan fingerprint density at radius 1 is 1.55 bits per heavy atom. The molecule has 0 aliphatic rings. The maximum absolute atomic E-state index is 11.1. The van der Waals surface area contributed by atoms with Gasteiger partial charge in [0.25, 0.3) is 0 Å². The second kappa shape index (κ2) is 5.11. The Balaban J connectivity index is 3.76. The molecule has 0 aromatic rings. The van der Waals surface area contributed by atoms with Crippen LogP contribution >= 0.6 is 0 Å². The summed E-state index contributed by atoms with van der Waals surface area (Å²) >= 11 is 0. The molecule has 0 N–H and O–H groups in total. The third kappa shape index (κ3) is 3.97. The molecule has 0 saturated carbocycles. The molecule has 0 unspecified atom stereocenters. The van der Waals surface area contributed by atoms with Gasteiger partial charge in [0.05, 0.1) is 0 Å². The number of hydrogen-bond acceptors (Lipinski definition) is 1. The summed E-state index contributed by atoms with van der Waals surface area (Å²) in [5.74, 6) is 1.02. The molecule has 0 heterocycles. The minimum atomic E-state index is 0.202. The van der Waals surface area contributed by atoms with Crippen LogP contribution in [0.15, 0.2) is 12.7 Å². The SMILES string of the molecule is C=C[C@H](C)C[C@H](C)C(=O)CC. The number of Topliss-reactive ketones (excluding diaryl/α,β-unsaturated/α-hetero) is 1. The van der Waals surface area contributed by atoms with Gasteiger partial charge in [-0.1, -0.05) is 26.8 Å². The van der Waals surface area contributed by atoms with Crippen molar-refractivity contribution in [3.8, 4) is 0 Å². The maximum atomic E-state index is 11.1. The van der Waals surface area contributed by atoms with E-state index >= 15 is 0 Å². The monoisotopic (exact) mass is 154 g/mol. The van der Waals surface area contributed by atoms with E-state index in [1.807, 2.05) is 19.9 Å². The van der Waals surface area contributed by atoms with Crippen molar-refractivity contribution in [1.29, 1.82) is 0 Å². The van der Waals surface area contributed by atoms with Crippen molar-refractivity contribution in [3.05, 3.63) is 12.7 Å². The fourth-order valence-corrected chi connectivity index (χ4v) is 1.13. The summed E-state index contributed by atoms with van der Waals surface area (Å²) in [7, 11) is 0. The lowest BCUT2D eigenvalue weighted by Gasteiger charge is -2.11. The molecule has 0 amide bonds. The zero-order chi connectivity index (χ0) is 8.85. The third-order valence-corrected chi connectivity index (χ3v) is 2.03. The van der Waals surface area contributed by atoms with E-state index in [9.17, 15) is 4.79 Å². The van der Waals surface area contributed by atoms with Gasteiger partial charge in [0.15, 0.2) is 0 Å². The summed E-state index contributed by atoms with van der Waals surface area (Å²) in [5.41, 5.74) is 0. The van der Waals surface area contributed by atoms with Crippen molar-refractivity contribution < 1.29 is 4.79 Å². The molecule has 0 aromatic heterocycles. The van der Waals surface area contributed by atoms with E-state index < -0.39 is 0 Å². The highest BCUT2D eigenvalue weighted by Gasteiger charge is 2.12. The van der Waals surface area contributed by atoms with Crippen molar-refractivity contribution in [2.45, 2.75) is 33.6 Å². The Labute approximate surface area is 69.5 Å². The Morgan fingerprint density at radius 3 is 2.45 bits per heavy atom. The topological polar surface area (TPSA) is 17.1 Å². The zero-order valence-electron chi connectivity index (χ0n) is 7.76. The van der Waals surface area contributed by atoms with Gasteiger partial charge in [0.2, 0.25) is 0 Å². The van der Waals surface area contributed by atoms with Crippen molar-refractivity contribution in [2.75, 3.05) is 0 Å². The quantitative estimate of drug-likeness (QED) is 0.556. The number of carbonyl (C=O) groups excluding carboxylic acids is 1. The first-order valence-electron chi connectivity index (χ1n) is 4.27. The average Bonchev–Trinajstić information content (AvgIpc) is 2.02. The number of rotatable bonds is 5. The van der Waals surface area contributed by atoms with E-state index in [1.165, 1.54) is 0 Å². The molecule has 1 heteroatoms. The second-order valence-electron chi connectivity index (χ2n) is 3.17. The fraction of sp³-hybridized carbons (Fsp3) is 0.700. The Kier molecular flexibility index (Phi) is 4.84. The molecule has 0 aliphatic carbocycles. The van der Waals surface area contributed by atoms with Crippen LogP contribution in [0.25, 0.3) is 0 Å². The van der Waals surface area contributed by atoms with Gasteiger partial charge in [-0.3, -0.25) is 4.79 Å². The summed E-state index contributed by atoms with van der Waals surface area (Å²) in [5, 5.41) is 0. The minimum Gasteiger partial charge on any atom is -0.299 e. The largest absolute Gasteiger partial charge is 0.299 e. The lowest BCUT2D eigenvalue weighted by molar-refractivity contribution is -0.122. The fourth-order valence-electron chi connectivity index (χ4n) is 1.13. The van der Waals surface area contributed by atoms with Crippen LogP contribution in [-0.4, -0.2) is 5.78 Å². The molecule has 0 aromatic carbocycles. The van der Waals surface area contributed by atoms with Crippen molar-refractivity contribution >= 4 is 5.78 Å². The van der Waals surface area contributed by atoms with Crippen molar-refractivity contribution in [2.24, 2.45) is 11.8 Å². The number of carbonyl (C=O) groups is 1. The molecular weight excluding hydrogens is 136 g/mol. The predicted molar refractivity (Wildman–Crippen MR) is 48.4 cm³/mol. The van der Waals surface area contributed by atoms with Gasteiger partial charge in [0, 0.05) is 12.3 Å². The van der Waals surface area contributed by atoms with Crippen molar-refractivity contribution in [3.63, 3.8) is 0 Å². The number of hydrogen-bond donors (Lipinski definition) is 0. The maximum Gasteiger partial charge on any atom is 0.135 e. The molecular formula is C10H18O. The van der Waals surface area contributed by atoms with Crippen LogP contribution in [0.5, 0.6) is 0 Å². The molecule has 0 aliphatic heterocycles. The number of ketones is 1. The normalized spacial score (nSPS) is 15.5. The molecule has 2 atom stereocenters. The number of allylic oxidation sites excluding steroid dienone is 1. The van der Waals surface area contributed by atoms with Crippen LogP contribution < -0.4 is 0 Å². The van der Waals surface area contributed by atoms with Gasteiger partial charge in [-0.15, -0.1) is 6.58 Å². The third-order valence-electron chi connectivity index (χ3n) is 2.03. The smallest absolute Gasteiger partial charge is 0.135 e. The zero-order valence-corrected chi connectivity index (χ0v) is 7.76. The van der Waals surface area contributed by atoms with Crippen LogP contribution in [-0.2, 0) is 4.79 Å². The highest BCUT2D eigenvalue weighted by Crippen LogP contribution is 2.14. The second-order valence-corrected chi connectivity index (χ2v) is 3.17. The van der Waals surface area contributed by atoms with Crippen LogP contribution in [0.2, 0.25) is 0 Å². The van der Waals surface area contributed by atoms with Gasteiger partial charge in [-0.2, -0.15) is 0 Å². The van der Waals surface area contributed by atoms with Crippen LogP contribution in [0.3, 0.4) is 0 Å². The molecule has 0 spiro atoms. The lowest BCUT2D eigenvalue weighted by atomic mass is 9.93. The summed E-state index contributed by atoms with van der Waals surface area (Å²) in [4.78, 5) is 11.1. The van der Waals surface area contributed by atoms with Crippen LogP contribution in [0, 0.1) is 11.8 Å². The molecule has 0 saturated heterocycles. The summed E-state index contributed by atoms with van der Waals surface area (Å²) in [6.07, 6.45) is 3.50. The Hall–Kier alpha value is -0.590. The van der Waals surface area contributed by atoms with E-state index in [0.717, 1.165) is 6.42 Å². The van der Waals surface area contributed by atoms with E-state index in [2.05, 4.69) is 13.5 Å². The first kappa shape index (κ1) is 10.4. The molecule has 0 bridgehead atoms. The van der Waals surface area contributed by atoms with Gasteiger partial charge in [-0.25, -0.2) is 0 Å². The molecule has 0 rings (SSSR count). The standard InChI is InChI=1S/C10H18O/c1-5-8(3)7-9(4)10(11)6-2/h5,8-9H,1,6-7H2,2-4H3/t8-,9-/m0/s1. The van der Waals surface area contributed by atoms with Gasteiger partial charge >= 0.3 is 0 Å². The first-order chi connectivity index (χ1) is 5.11. The minimum absolute atomic E-state index is 0.202. The van der Waals surface area contributed by atoms with Crippen LogP contribution in [0.4, 0.5) is 0 Å². The highest BCUT2D eigenvalue weighted by molar-refractivity contribution is 5.80. The molecule has 11 heavy (non-hydrogen) atoms. The Bertz CT molecular complexity index is 138. The molecule has 0 fully saturated rings. The van der Waals surface area contributed by atoms with Gasteiger partial charge in [0.1, 0.15) is 5.78 Å².